The first-order valence-corrected chi connectivity index (χ1v) is 8.72. The smallest absolute Gasteiger partial charge is 0.112 e. The van der Waals surface area contributed by atoms with Gasteiger partial charge in [0.25, 0.3) is 0 Å². The van der Waals surface area contributed by atoms with Crippen molar-refractivity contribution in [1.82, 2.24) is 14.8 Å². The highest BCUT2D eigenvalue weighted by molar-refractivity contribution is 7.09. The van der Waals surface area contributed by atoms with E-state index in [4.69, 9.17) is 0 Å². The standard InChI is InChI=1S/C17H24N4S/c1-14-13-22-17(19-14)11-18-16-5-3-4-15(10-16)12-21-8-6-20(2)7-9-21/h3-5,10,13,18H,6-9,11-12H2,1-2H3. The van der Waals surface area contributed by atoms with Crippen LogP contribution < -0.4 is 5.32 Å². The van der Waals surface area contributed by atoms with Crippen molar-refractivity contribution < 1.29 is 0 Å². The van der Waals surface area contributed by atoms with Crippen LogP contribution in [-0.4, -0.2) is 48.0 Å². The molecule has 1 fully saturated rings. The Morgan fingerprint density at radius 2 is 2.05 bits per heavy atom. The van der Waals surface area contributed by atoms with Crippen molar-refractivity contribution in [2.75, 3.05) is 38.5 Å². The summed E-state index contributed by atoms with van der Waals surface area (Å²) in [6.07, 6.45) is 0. The molecule has 0 saturated carbocycles. The van der Waals surface area contributed by atoms with Crippen molar-refractivity contribution in [2.45, 2.75) is 20.0 Å². The van der Waals surface area contributed by atoms with Gasteiger partial charge < -0.3 is 10.2 Å². The van der Waals surface area contributed by atoms with E-state index in [1.165, 1.54) is 24.3 Å². The molecule has 1 aromatic carbocycles. The fraction of sp³-hybridized carbons (Fsp3) is 0.471. The van der Waals surface area contributed by atoms with Crippen LogP contribution >= 0.6 is 11.3 Å². The van der Waals surface area contributed by atoms with Gasteiger partial charge in [-0.15, -0.1) is 11.3 Å². The molecular weight excluding hydrogens is 292 g/mol. The van der Waals surface area contributed by atoms with Crippen LogP contribution in [0.4, 0.5) is 5.69 Å². The highest BCUT2D eigenvalue weighted by atomic mass is 32.1. The fourth-order valence-electron chi connectivity index (χ4n) is 2.71. The summed E-state index contributed by atoms with van der Waals surface area (Å²) < 4.78 is 0. The average molecular weight is 316 g/mol. The van der Waals surface area contributed by atoms with Crippen molar-refractivity contribution in [3.8, 4) is 0 Å². The van der Waals surface area contributed by atoms with Crippen LogP contribution in [0.25, 0.3) is 0 Å². The lowest BCUT2D eigenvalue weighted by Gasteiger charge is -2.32. The number of aromatic nitrogens is 1. The van der Waals surface area contributed by atoms with Crippen molar-refractivity contribution in [3.63, 3.8) is 0 Å². The summed E-state index contributed by atoms with van der Waals surface area (Å²) in [7, 11) is 2.20. The maximum atomic E-state index is 4.49. The highest BCUT2D eigenvalue weighted by Gasteiger charge is 2.13. The van der Waals surface area contributed by atoms with Gasteiger partial charge in [0.1, 0.15) is 5.01 Å². The molecule has 0 unspecified atom stereocenters. The number of aryl methyl sites for hydroxylation is 1. The molecule has 22 heavy (non-hydrogen) atoms. The molecule has 4 nitrogen and oxygen atoms in total. The second-order valence-corrected chi connectivity index (χ2v) is 6.96. The topological polar surface area (TPSA) is 31.4 Å². The van der Waals surface area contributed by atoms with Gasteiger partial charge in [-0.25, -0.2) is 4.98 Å². The number of benzene rings is 1. The van der Waals surface area contributed by atoms with Crippen molar-refractivity contribution in [2.24, 2.45) is 0 Å². The Morgan fingerprint density at radius 3 is 2.77 bits per heavy atom. The van der Waals surface area contributed by atoms with Gasteiger partial charge in [-0.05, 0) is 31.7 Å². The zero-order valence-electron chi connectivity index (χ0n) is 13.4. The number of nitrogens with zero attached hydrogens (tertiary/aromatic N) is 3. The third kappa shape index (κ3) is 4.29. The monoisotopic (exact) mass is 316 g/mol. The van der Waals surface area contributed by atoms with Gasteiger partial charge in [-0.2, -0.15) is 0 Å². The molecule has 3 rings (SSSR count). The van der Waals surface area contributed by atoms with E-state index < -0.39 is 0 Å². The average Bonchev–Trinajstić information content (AvgIpc) is 2.94. The summed E-state index contributed by atoms with van der Waals surface area (Å²) in [5, 5.41) is 6.72. The van der Waals surface area contributed by atoms with E-state index in [9.17, 15) is 0 Å². The van der Waals surface area contributed by atoms with Crippen LogP contribution in [0.15, 0.2) is 29.6 Å². The number of hydrogen-bond acceptors (Lipinski definition) is 5. The Morgan fingerprint density at radius 1 is 1.23 bits per heavy atom. The Kier molecular flexibility index (Phi) is 5.08. The SMILES string of the molecule is Cc1csc(CNc2cccc(CN3CCN(C)CC3)c2)n1. The summed E-state index contributed by atoms with van der Waals surface area (Å²) in [4.78, 5) is 9.42. The molecular formula is C17H24N4S. The third-order valence-corrected chi connectivity index (χ3v) is 5.01. The summed E-state index contributed by atoms with van der Waals surface area (Å²) in [5.74, 6) is 0. The van der Waals surface area contributed by atoms with Gasteiger partial charge in [-0.1, -0.05) is 12.1 Å². The summed E-state index contributed by atoms with van der Waals surface area (Å²) in [5.41, 5.74) is 3.66. The number of hydrogen-bond donors (Lipinski definition) is 1. The van der Waals surface area contributed by atoms with E-state index in [0.29, 0.717) is 0 Å². The van der Waals surface area contributed by atoms with Gasteiger partial charge in [0.05, 0.1) is 6.54 Å². The first kappa shape index (κ1) is 15.5. The zero-order valence-corrected chi connectivity index (χ0v) is 14.2. The molecule has 1 aliphatic rings. The van der Waals surface area contributed by atoms with Gasteiger partial charge in [0.15, 0.2) is 0 Å². The molecule has 0 bridgehead atoms. The maximum absolute atomic E-state index is 4.49. The number of nitrogens with one attached hydrogen (secondary N) is 1. The van der Waals surface area contributed by atoms with Crippen LogP contribution in [-0.2, 0) is 13.1 Å². The van der Waals surface area contributed by atoms with Crippen molar-refractivity contribution >= 4 is 17.0 Å². The van der Waals surface area contributed by atoms with Gasteiger partial charge in [-0.3, -0.25) is 4.90 Å². The molecule has 1 saturated heterocycles. The lowest BCUT2D eigenvalue weighted by molar-refractivity contribution is 0.148. The molecule has 0 atom stereocenters. The molecule has 2 heterocycles. The third-order valence-electron chi connectivity index (χ3n) is 4.04. The second kappa shape index (κ2) is 7.22. The van der Waals surface area contributed by atoms with Crippen LogP contribution in [0.5, 0.6) is 0 Å². The quantitative estimate of drug-likeness (QED) is 0.919. The Bertz CT molecular complexity index is 602. The minimum Gasteiger partial charge on any atom is -0.379 e. The Balaban J connectivity index is 1.55. The number of piperazine rings is 1. The van der Waals surface area contributed by atoms with Crippen molar-refractivity contribution in [3.05, 3.63) is 45.9 Å². The molecule has 2 aromatic rings. The van der Waals surface area contributed by atoms with Crippen LogP contribution in [0, 0.1) is 6.92 Å². The number of thiazole rings is 1. The normalized spacial score (nSPS) is 16.8. The summed E-state index contributed by atoms with van der Waals surface area (Å²) in [6.45, 7) is 8.54. The van der Waals surface area contributed by atoms with E-state index in [0.717, 1.165) is 36.9 Å². The number of likely N-dealkylation sites (N-methyl/N-ethyl adjacent to an activating group) is 1. The van der Waals surface area contributed by atoms with Crippen LogP contribution in [0.2, 0.25) is 0 Å². The maximum Gasteiger partial charge on any atom is 0.112 e. The lowest BCUT2D eigenvalue weighted by atomic mass is 10.1. The second-order valence-electron chi connectivity index (χ2n) is 6.02. The molecule has 1 N–H and O–H groups in total. The zero-order chi connectivity index (χ0) is 15.4. The molecule has 0 radical (unpaired) electrons. The summed E-state index contributed by atoms with van der Waals surface area (Å²) in [6, 6.07) is 8.75. The highest BCUT2D eigenvalue weighted by Crippen LogP contribution is 2.16. The van der Waals surface area contributed by atoms with E-state index in [1.807, 2.05) is 6.92 Å². The minimum absolute atomic E-state index is 0.802. The Hall–Kier alpha value is -1.43. The lowest BCUT2D eigenvalue weighted by Crippen LogP contribution is -2.43. The molecule has 0 aliphatic carbocycles. The van der Waals surface area contributed by atoms with E-state index in [1.54, 1.807) is 11.3 Å². The molecule has 5 heteroatoms. The molecule has 0 amide bonds. The van der Waals surface area contributed by atoms with Gasteiger partial charge in [0.2, 0.25) is 0 Å². The fourth-order valence-corrected chi connectivity index (χ4v) is 3.42. The number of anilines is 1. The first-order valence-electron chi connectivity index (χ1n) is 7.84. The molecule has 0 spiro atoms. The minimum atomic E-state index is 0.802. The largest absolute Gasteiger partial charge is 0.379 e. The van der Waals surface area contributed by atoms with Crippen LogP contribution in [0.3, 0.4) is 0 Å². The van der Waals surface area contributed by atoms with E-state index >= 15 is 0 Å². The molecule has 1 aromatic heterocycles. The van der Waals surface area contributed by atoms with Crippen molar-refractivity contribution in [1.29, 1.82) is 0 Å². The predicted molar refractivity (Wildman–Crippen MR) is 93.4 cm³/mol. The number of rotatable bonds is 5. The first-order chi connectivity index (χ1) is 10.7. The molecule has 1 aliphatic heterocycles. The van der Waals surface area contributed by atoms with Gasteiger partial charge >= 0.3 is 0 Å². The van der Waals surface area contributed by atoms with E-state index in [2.05, 4.69) is 56.8 Å². The summed E-state index contributed by atoms with van der Waals surface area (Å²) >= 11 is 1.72. The Labute approximate surface area is 136 Å². The predicted octanol–water partition coefficient (Wildman–Crippen LogP) is 2.81. The van der Waals surface area contributed by atoms with Crippen LogP contribution in [0.1, 0.15) is 16.3 Å². The van der Waals surface area contributed by atoms with E-state index in [-0.39, 0.29) is 0 Å². The molecule has 118 valence electrons. The van der Waals surface area contributed by atoms with Gasteiger partial charge in [0, 0.05) is 49.5 Å².